The number of nitrogens with zero attached hydrogens (tertiary/aromatic N) is 3. The average molecular weight is 258 g/mol. The molecular formula is C15H22N4. The lowest BCUT2D eigenvalue weighted by molar-refractivity contribution is 0.159. The van der Waals surface area contributed by atoms with Crippen LogP contribution in [0.5, 0.6) is 0 Å². The molecule has 4 nitrogen and oxygen atoms in total. The van der Waals surface area contributed by atoms with Crippen LogP contribution in [-0.4, -0.2) is 34.0 Å². The highest BCUT2D eigenvalue weighted by molar-refractivity contribution is 5.33. The van der Waals surface area contributed by atoms with Crippen molar-refractivity contribution in [3.05, 3.63) is 17.6 Å². The molecule has 1 aromatic rings. The zero-order valence-electron chi connectivity index (χ0n) is 11.5. The van der Waals surface area contributed by atoms with E-state index >= 15 is 0 Å². The van der Waals surface area contributed by atoms with Crippen LogP contribution in [0.3, 0.4) is 0 Å². The van der Waals surface area contributed by atoms with Gasteiger partial charge in [-0.2, -0.15) is 0 Å². The molecule has 0 radical (unpaired) electrons. The monoisotopic (exact) mass is 258 g/mol. The second-order valence-corrected chi connectivity index (χ2v) is 6.57. The molecule has 0 aromatic carbocycles. The standard InChI is InChI=1S/C15H22N4/c1-19-11-4-5-12(19)7-10(6-11)15-17-13(9-2-3-9)8-14(16)18-15/h8-12H,2-7H2,1H3,(H2,16,17,18). The highest BCUT2D eigenvalue weighted by atomic mass is 15.2. The molecule has 1 aromatic heterocycles. The van der Waals surface area contributed by atoms with E-state index in [4.69, 9.17) is 10.7 Å². The summed E-state index contributed by atoms with van der Waals surface area (Å²) in [6, 6.07) is 3.45. The Morgan fingerprint density at radius 2 is 1.74 bits per heavy atom. The Labute approximate surface area is 114 Å². The van der Waals surface area contributed by atoms with E-state index in [0.717, 1.165) is 17.9 Å². The smallest absolute Gasteiger partial charge is 0.134 e. The Hall–Kier alpha value is -1.16. The fraction of sp³-hybridized carbons (Fsp3) is 0.733. The normalized spacial score (nSPS) is 34.7. The predicted octanol–water partition coefficient (Wildman–Crippen LogP) is 2.28. The van der Waals surface area contributed by atoms with Crippen LogP contribution in [-0.2, 0) is 0 Å². The number of nitrogen functional groups attached to an aromatic ring is 1. The molecule has 2 atom stereocenters. The van der Waals surface area contributed by atoms with Crippen molar-refractivity contribution in [1.82, 2.24) is 14.9 Å². The summed E-state index contributed by atoms with van der Waals surface area (Å²) < 4.78 is 0. The number of nitrogens with two attached hydrogens (primary N) is 1. The predicted molar refractivity (Wildman–Crippen MR) is 75.0 cm³/mol. The molecule has 102 valence electrons. The lowest BCUT2D eigenvalue weighted by atomic mass is 9.90. The van der Waals surface area contributed by atoms with Gasteiger partial charge in [-0.15, -0.1) is 0 Å². The maximum absolute atomic E-state index is 5.98. The Morgan fingerprint density at radius 1 is 1.05 bits per heavy atom. The van der Waals surface area contributed by atoms with Crippen LogP contribution in [0, 0.1) is 0 Å². The summed E-state index contributed by atoms with van der Waals surface area (Å²) in [6.07, 6.45) is 7.65. The van der Waals surface area contributed by atoms with Crippen molar-refractivity contribution in [1.29, 1.82) is 0 Å². The first kappa shape index (κ1) is 11.6. The van der Waals surface area contributed by atoms with Gasteiger partial charge in [-0.1, -0.05) is 0 Å². The molecule has 4 heteroatoms. The summed E-state index contributed by atoms with van der Waals surface area (Å²) in [7, 11) is 2.27. The molecular weight excluding hydrogens is 236 g/mol. The number of rotatable bonds is 2. The molecule has 2 N–H and O–H groups in total. The van der Waals surface area contributed by atoms with Crippen molar-refractivity contribution in [2.45, 2.75) is 62.4 Å². The SMILES string of the molecule is CN1C2CCC1CC(c1nc(N)cc(C3CC3)n1)C2. The summed E-state index contributed by atoms with van der Waals surface area (Å²) in [5.41, 5.74) is 7.17. The molecule has 0 spiro atoms. The second kappa shape index (κ2) is 4.17. The van der Waals surface area contributed by atoms with E-state index in [2.05, 4.69) is 16.9 Å². The molecule has 3 aliphatic rings. The molecule has 1 saturated carbocycles. The number of hydrogen-bond acceptors (Lipinski definition) is 4. The molecule has 2 bridgehead atoms. The zero-order chi connectivity index (χ0) is 13.0. The van der Waals surface area contributed by atoms with Crippen LogP contribution in [0.15, 0.2) is 6.07 Å². The van der Waals surface area contributed by atoms with Crippen LogP contribution in [0.4, 0.5) is 5.82 Å². The maximum atomic E-state index is 5.98. The van der Waals surface area contributed by atoms with Gasteiger partial charge in [0.2, 0.25) is 0 Å². The van der Waals surface area contributed by atoms with Crippen LogP contribution in [0.1, 0.15) is 61.9 Å². The third kappa shape index (κ3) is 2.02. The van der Waals surface area contributed by atoms with Crippen LogP contribution >= 0.6 is 0 Å². The topological polar surface area (TPSA) is 55.0 Å². The summed E-state index contributed by atoms with van der Waals surface area (Å²) in [5, 5.41) is 0. The second-order valence-electron chi connectivity index (χ2n) is 6.57. The maximum Gasteiger partial charge on any atom is 0.134 e. The van der Waals surface area contributed by atoms with Gasteiger partial charge in [-0.05, 0) is 45.6 Å². The Kier molecular flexibility index (Phi) is 2.56. The summed E-state index contributed by atoms with van der Waals surface area (Å²) >= 11 is 0. The van der Waals surface area contributed by atoms with Crippen LogP contribution < -0.4 is 5.73 Å². The third-order valence-corrected chi connectivity index (χ3v) is 5.24. The summed E-state index contributed by atoms with van der Waals surface area (Å²) in [6.45, 7) is 0. The van der Waals surface area contributed by atoms with Gasteiger partial charge < -0.3 is 10.6 Å². The summed E-state index contributed by atoms with van der Waals surface area (Å²) in [5.74, 6) is 2.87. The van der Waals surface area contributed by atoms with E-state index in [1.165, 1.54) is 44.2 Å². The molecule has 3 fully saturated rings. The van der Waals surface area contributed by atoms with Crippen molar-refractivity contribution in [2.24, 2.45) is 0 Å². The number of hydrogen-bond donors (Lipinski definition) is 1. The number of aromatic nitrogens is 2. The number of fused-ring (bicyclic) bond motifs is 2. The van der Waals surface area contributed by atoms with Crippen molar-refractivity contribution in [2.75, 3.05) is 12.8 Å². The first-order valence-electron chi connectivity index (χ1n) is 7.57. The van der Waals surface area contributed by atoms with E-state index in [0.29, 0.717) is 17.7 Å². The van der Waals surface area contributed by atoms with Crippen molar-refractivity contribution < 1.29 is 0 Å². The van der Waals surface area contributed by atoms with Gasteiger partial charge in [0.05, 0.1) is 0 Å². The molecule has 2 saturated heterocycles. The molecule has 2 unspecified atom stereocenters. The van der Waals surface area contributed by atoms with Gasteiger partial charge >= 0.3 is 0 Å². The fourth-order valence-corrected chi connectivity index (χ4v) is 3.90. The fourth-order valence-electron chi connectivity index (χ4n) is 3.90. The first-order valence-corrected chi connectivity index (χ1v) is 7.57. The quantitative estimate of drug-likeness (QED) is 0.884. The van der Waals surface area contributed by atoms with E-state index < -0.39 is 0 Å². The minimum atomic E-state index is 0.523. The van der Waals surface area contributed by atoms with E-state index in [-0.39, 0.29) is 0 Å². The summed E-state index contributed by atoms with van der Waals surface area (Å²) in [4.78, 5) is 11.9. The third-order valence-electron chi connectivity index (χ3n) is 5.24. The van der Waals surface area contributed by atoms with Crippen molar-refractivity contribution in [3.8, 4) is 0 Å². The van der Waals surface area contributed by atoms with E-state index in [9.17, 15) is 0 Å². The number of anilines is 1. The molecule has 2 aliphatic heterocycles. The molecule has 0 amide bonds. The molecule has 1 aliphatic carbocycles. The first-order chi connectivity index (χ1) is 9.20. The highest BCUT2D eigenvalue weighted by Crippen LogP contribution is 2.43. The van der Waals surface area contributed by atoms with Gasteiger partial charge in [0.15, 0.2) is 0 Å². The van der Waals surface area contributed by atoms with Crippen LogP contribution in [0.25, 0.3) is 0 Å². The Balaban J connectivity index is 1.62. The Bertz CT molecular complexity index is 483. The van der Waals surface area contributed by atoms with Gasteiger partial charge in [0, 0.05) is 35.7 Å². The van der Waals surface area contributed by atoms with Crippen molar-refractivity contribution >= 4 is 5.82 Å². The van der Waals surface area contributed by atoms with Gasteiger partial charge in [-0.3, -0.25) is 0 Å². The average Bonchev–Trinajstić information content (AvgIpc) is 3.21. The Morgan fingerprint density at radius 3 is 2.37 bits per heavy atom. The zero-order valence-corrected chi connectivity index (χ0v) is 11.5. The largest absolute Gasteiger partial charge is 0.384 e. The molecule has 19 heavy (non-hydrogen) atoms. The van der Waals surface area contributed by atoms with Gasteiger partial charge in [-0.25, -0.2) is 9.97 Å². The van der Waals surface area contributed by atoms with E-state index in [1.54, 1.807) is 0 Å². The van der Waals surface area contributed by atoms with Crippen molar-refractivity contribution in [3.63, 3.8) is 0 Å². The molecule has 3 heterocycles. The van der Waals surface area contributed by atoms with Gasteiger partial charge in [0.25, 0.3) is 0 Å². The van der Waals surface area contributed by atoms with Crippen LogP contribution in [0.2, 0.25) is 0 Å². The minimum absolute atomic E-state index is 0.523. The highest BCUT2D eigenvalue weighted by Gasteiger charge is 2.40. The molecule has 4 rings (SSSR count). The number of piperidine rings is 1. The minimum Gasteiger partial charge on any atom is -0.384 e. The lowest BCUT2D eigenvalue weighted by Gasteiger charge is -2.35. The lowest BCUT2D eigenvalue weighted by Crippen LogP contribution is -2.39. The van der Waals surface area contributed by atoms with E-state index in [1.807, 2.05) is 6.07 Å². The van der Waals surface area contributed by atoms with Gasteiger partial charge in [0.1, 0.15) is 11.6 Å².